The minimum atomic E-state index is -0.407. The van der Waals surface area contributed by atoms with Gasteiger partial charge in [-0.15, -0.1) is 11.3 Å². The molecule has 5 rings (SSSR count). The highest BCUT2D eigenvalue weighted by atomic mass is 35.5. The highest BCUT2D eigenvalue weighted by Crippen LogP contribution is 2.39. The summed E-state index contributed by atoms with van der Waals surface area (Å²) in [6.07, 6.45) is -0.407. The Bertz CT molecular complexity index is 1230. The number of halogens is 2. The minimum Gasteiger partial charge on any atom is -0.294 e. The quantitative estimate of drug-likeness (QED) is 0.452. The largest absolute Gasteiger partial charge is 0.294 e. The number of hydrazone groups is 1. The SMILES string of the molecule is CC(C)c1ccc(CN2C(=O)c3sccc3N3C(SCc4ccc(F)cc4Cl)=NNC23)cc1. The minimum absolute atomic E-state index is 0.00952. The number of nitrogens with one attached hydrogen (secondary N) is 1. The number of anilines is 1. The first-order valence-corrected chi connectivity index (χ1v) is 12.8. The van der Waals surface area contributed by atoms with E-state index in [0.717, 1.165) is 22.0 Å². The lowest BCUT2D eigenvalue weighted by Crippen LogP contribution is -2.57. The number of nitrogens with zero attached hydrogens (tertiary/aromatic N) is 3. The Morgan fingerprint density at radius 1 is 1.21 bits per heavy atom. The lowest BCUT2D eigenvalue weighted by molar-refractivity contribution is 0.0629. The van der Waals surface area contributed by atoms with Crippen LogP contribution in [0.2, 0.25) is 5.02 Å². The molecule has 0 aliphatic carbocycles. The highest BCUT2D eigenvalue weighted by molar-refractivity contribution is 8.13. The third-order valence-electron chi connectivity index (χ3n) is 5.75. The van der Waals surface area contributed by atoms with Crippen molar-refractivity contribution in [3.05, 3.63) is 86.3 Å². The summed E-state index contributed by atoms with van der Waals surface area (Å²) in [7, 11) is 0. The zero-order valence-corrected chi connectivity index (χ0v) is 20.5. The van der Waals surface area contributed by atoms with Crippen molar-refractivity contribution in [2.24, 2.45) is 5.10 Å². The fraction of sp³-hybridized carbons (Fsp3) is 0.250. The van der Waals surface area contributed by atoms with Gasteiger partial charge in [0.2, 0.25) is 6.29 Å². The number of hydrogen-bond donors (Lipinski definition) is 1. The van der Waals surface area contributed by atoms with E-state index >= 15 is 0 Å². The van der Waals surface area contributed by atoms with Crippen molar-refractivity contribution >= 4 is 51.5 Å². The van der Waals surface area contributed by atoms with Crippen molar-refractivity contribution in [3.63, 3.8) is 0 Å². The number of amidine groups is 1. The third-order valence-corrected chi connectivity index (χ3v) is 8.00. The second-order valence-corrected chi connectivity index (χ2v) is 10.5. The number of rotatable bonds is 5. The molecule has 0 bridgehead atoms. The molecule has 0 saturated carbocycles. The Morgan fingerprint density at radius 3 is 2.73 bits per heavy atom. The Kier molecular flexibility index (Phi) is 6.07. The number of hydrogen-bond acceptors (Lipinski definition) is 6. The van der Waals surface area contributed by atoms with E-state index in [2.05, 4.69) is 53.5 Å². The van der Waals surface area contributed by atoms with Gasteiger partial charge in [0.25, 0.3) is 5.91 Å². The van der Waals surface area contributed by atoms with Gasteiger partial charge in [-0.05, 0) is 46.2 Å². The van der Waals surface area contributed by atoms with Crippen molar-refractivity contribution < 1.29 is 9.18 Å². The van der Waals surface area contributed by atoms with Crippen LogP contribution in [0.1, 0.15) is 46.1 Å². The molecule has 3 heterocycles. The van der Waals surface area contributed by atoms with Gasteiger partial charge in [0.1, 0.15) is 10.7 Å². The van der Waals surface area contributed by atoms with E-state index in [-0.39, 0.29) is 11.7 Å². The zero-order chi connectivity index (χ0) is 23.1. The molecular formula is C24H22ClFN4OS2. The normalized spacial score (nSPS) is 17.2. The smallest absolute Gasteiger partial charge is 0.269 e. The first kappa shape index (κ1) is 22.3. The van der Waals surface area contributed by atoms with Crippen molar-refractivity contribution in [1.82, 2.24) is 10.3 Å². The number of thioether (sulfide) groups is 1. The van der Waals surface area contributed by atoms with Crippen LogP contribution in [0.15, 0.2) is 59.0 Å². The van der Waals surface area contributed by atoms with Crippen molar-refractivity contribution in [2.75, 3.05) is 4.90 Å². The van der Waals surface area contributed by atoms with Crippen LogP contribution in [0.5, 0.6) is 0 Å². The van der Waals surface area contributed by atoms with Crippen LogP contribution in [0, 0.1) is 5.82 Å². The Morgan fingerprint density at radius 2 is 2.00 bits per heavy atom. The summed E-state index contributed by atoms with van der Waals surface area (Å²) >= 11 is 9.14. The van der Waals surface area contributed by atoms with Crippen LogP contribution in [0.3, 0.4) is 0 Å². The predicted octanol–water partition coefficient (Wildman–Crippen LogP) is 6.22. The van der Waals surface area contributed by atoms with Crippen LogP contribution >= 0.6 is 34.7 Å². The van der Waals surface area contributed by atoms with Gasteiger partial charge < -0.3 is 0 Å². The molecule has 1 atom stereocenters. The van der Waals surface area contributed by atoms with E-state index in [1.807, 2.05) is 16.3 Å². The second kappa shape index (κ2) is 9.00. The van der Waals surface area contributed by atoms with Crippen LogP contribution < -0.4 is 10.3 Å². The van der Waals surface area contributed by atoms with Gasteiger partial charge in [-0.25, -0.2) is 4.39 Å². The van der Waals surface area contributed by atoms with E-state index in [4.69, 9.17) is 11.6 Å². The molecule has 0 spiro atoms. The maximum Gasteiger partial charge on any atom is 0.269 e. The van der Waals surface area contributed by atoms with Gasteiger partial charge in [-0.3, -0.25) is 20.0 Å². The van der Waals surface area contributed by atoms with Gasteiger partial charge >= 0.3 is 0 Å². The van der Waals surface area contributed by atoms with Crippen LogP contribution in [0.25, 0.3) is 0 Å². The molecule has 5 nitrogen and oxygen atoms in total. The van der Waals surface area contributed by atoms with E-state index in [0.29, 0.717) is 28.1 Å². The summed E-state index contributed by atoms with van der Waals surface area (Å²) in [5, 5.41) is 7.60. The summed E-state index contributed by atoms with van der Waals surface area (Å²) in [5.74, 6) is 0.624. The van der Waals surface area contributed by atoms with Crippen molar-refractivity contribution in [2.45, 2.75) is 38.4 Å². The number of thiophene rings is 1. The van der Waals surface area contributed by atoms with Gasteiger partial charge in [-0.1, -0.05) is 67.5 Å². The maximum absolute atomic E-state index is 13.4. The van der Waals surface area contributed by atoms with E-state index in [9.17, 15) is 9.18 Å². The summed E-state index contributed by atoms with van der Waals surface area (Å²) in [6, 6.07) is 14.8. The van der Waals surface area contributed by atoms with Gasteiger partial charge in [0.05, 0.1) is 5.69 Å². The third kappa shape index (κ3) is 4.23. The van der Waals surface area contributed by atoms with Crippen molar-refractivity contribution in [1.29, 1.82) is 0 Å². The molecule has 2 aliphatic heterocycles. The molecule has 0 radical (unpaired) electrons. The standard InChI is InChI=1S/C24H22ClFN4OS2/c1-14(2)16-5-3-15(4-6-16)12-29-22(31)21-20(9-10-32-21)30-23(29)27-28-24(30)33-13-17-7-8-18(26)11-19(17)25/h3-11,14,23,27H,12-13H2,1-2H3. The van der Waals surface area contributed by atoms with Gasteiger partial charge in [-0.2, -0.15) is 5.10 Å². The summed E-state index contributed by atoms with van der Waals surface area (Å²) in [5.41, 5.74) is 7.15. The number of carbonyl (C=O) groups is 1. The molecule has 1 N–H and O–H groups in total. The Balaban J connectivity index is 1.38. The number of benzene rings is 2. The molecule has 170 valence electrons. The average Bonchev–Trinajstić information content (AvgIpc) is 3.43. The number of amides is 1. The first-order chi connectivity index (χ1) is 15.9. The van der Waals surface area contributed by atoms with E-state index in [1.165, 1.54) is 40.8 Å². The fourth-order valence-corrected chi connectivity index (χ4v) is 6.05. The van der Waals surface area contributed by atoms with Crippen LogP contribution in [-0.2, 0) is 12.3 Å². The monoisotopic (exact) mass is 500 g/mol. The number of carbonyl (C=O) groups excluding carboxylic acids is 1. The Labute approximate surface area is 205 Å². The lowest BCUT2D eigenvalue weighted by atomic mass is 10.0. The molecular weight excluding hydrogens is 479 g/mol. The molecule has 0 fully saturated rings. The molecule has 2 aromatic carbocycles. The van der Waals surface area contributed by atoms with E-state index < -0.39 is 6.29 Å². The zero-order valence-electron chi connectivity index (χ0n) is 18.1. The summed E-state index contributed by atoms with van der Waals surface area (Å²) in [4.78, 5) is 17.9. The summed E-state index contributed by atoms with van der Waals surface area (Å²) in [6.45, 7) is 4.80. The first-order valence-electron chi connectivity index (χ1n) is 10.6. The molecule has 1 amide bonds. The van der Waals surface area contributed by atoms with Gasteiger partial charge in [0, 0.05) is 17.3 Å². The molecule has 1 unspecified atom stereocenters. The van der Waals surface area contributed by atoms with Crippen LogP contribution in [0.4, 0.5) is 10.1 Å². The molecule has 2 aliphatic rings. The Hall–Kier alpha value is -2.55. The van der Waals surface area contributed by atoms with Crippen LogP contribution in [-0.4, -0.2) is 22.3 Å². The fourth-order valence-electron chi connectivity index (χ4n) is 3.91. The highest BCUT2D eigenvalue weighted by Gasteiger charge is 2.43. The van der Waals surface area contributed by atoms with Gasteiger partial charge in [0.15, 0.2) is 5.17 Å². The van der Waals surface area contributed by atoms with Crippen molar-refractivity contribution in [3.8, 4) is 0 Å². The summed E-state index contributed by atoms with van der Waals surface area (Å²) < 4.78 is 13.4. The molecule has 0 saturated heterocycles. The molecule has 33 heavy (non-hydrogen) atoms. The molecule has 1 aromatic heterocycles. The number of fused-ring (bicyclic) bond motifs is 3. The second-order valence-electron chi connectivity index (χ2n) is 8.26. The predicted molar refractivity (Wildman–Crippen MR) is 134 cm³/mol. The van der Waals surface area contributed by atoms with E-state index in [1.54, 1.807) is 6.07 Å². The average molecular weight is 501 g/mol. The lowest BCUT2D eigenvalue weighted by Gasteiger charge is -2.39. The topological polar surface area (TPSA) is 47.9 Å². The molecule has 9 heteroatoms. The molecule has 3 aromatic rings. The maximum atomic E-state index is 13.4.